The van der Waals surface area contributed by atoms with Gasteiger partial charge in [0.2, 0.25) is 5.89 Å². The van der Waals surface area contributed by atoms with Crippen LogP contribution in [0.3, 0.4) is 0 Å². The van der Waals surface area contributed by atoms with Crippen LogP contribution in [-0.2, 0) is 15.3 Å². The molecule has 1 heterocycles. The van der Waals surface area contributed by atoms with Crippen molar-refractivity contribution in [1.29, 1.82) is 0 Å². The molecule has 1 saturated carbocycles. The standard InChI is InChI=1S/C15H18ClNO4S/c1-15(2,3)14-17-11-5-4-10(16)13(12(11)21-14)22(19,20)9-6-8(18)7-9/h4-5,8-9,18H,6-7H2,1-3H3/t8-,9+. The van der Waals surface area contributed by atoms with Gasteiger partial charge in [0.15, 0.2) is 15.4 Å². The van der Waals surface area contributed by atoms with E-state index in [0.717, 1.165) is 0 Å². The number of hydrogen-bond donors (Lipinski definition) is 1. The van der Waals surface area contributed by atoms with Crippen molar-refractivity contribution in [2.75, 3.05) is 0 Å². The molecule has 1 fully saturated rings. The lowest BCUT2D eigenvalue weighted by atomic mass is 9.96. The molecule has 0 unspecified atom stereocenters. The molecule has 3 rings (SSSR count). The average Bonchev–Trinajstić information content (AvgIpc) is 2.77. The number of oxazole rings is 1. The van der Waals surface area contributed by atoms with Gasteiger partial charge in [0.1, 0.15) is 10.4 Å². The number of rotatable bonds is 2. The van der Waals surface area contributed by atoms with Crippen LogP contribution in [0.2, 0.25) is 5.02 Å². The van der Waals surface area contributed by atoms with Gasteiger partial charge in [-0.05, 0) is 25.0 Å². The Hall–Kier alpha value is -1.11. The van der Waals surface area contributed by atoms with Crippen molar-refractivity contribution in [3.8, 4) is 0 Å². The van der Waals surface area contributed by atoms with Gasteiger partial charge in [-0.1, -0.05) is 32.4 Å². The van der Waals surface area contributed by atoms with E-state index in [1.807, 2.05) is 20.8 Å². The maximum absolute atomic E-state index is 12.8. The number of aliphatic hydroxyl groups is 1. The molecule has 1 aromatic carbocycles. The normalized spacial score (nSPS) is 22.8. The van der Waals surface area contributed by atoms with Gasteiger partial charge in [0, 0.05) is 5.41 Å². The predicted octanol–water partition coefficient (Wildman–Crippen LogP) is 3.08. The second-order valence-electron chi connectivity index (χ2n) is 6.79. The van der Waals surface area contributed by atoms with Crippen LogP contribution in [0.25, 0.3) is 11.1 Å². The molecule has 0 spiro atoms. The summed E-state index contributed by atoms with van der Waals surface area (Å²) < 4.78 is 31.3. The van der Waals surface area contributed by atoms with Crippen LogP contribution in [0.1, 0.15) is 39.5 Å². The predicted molar refractivity (Wildman–Crippen MR) is 83.9 cm³/mol. The van der Waals surface area contributed by atoms with Crippen LogP contribution < -0.4 is 0 Å². The van der Waals surface area contributed by atoms with Crippen LogP contribution >= 0.6 is 11.6 Å². The van der Waals surface area contributed by atoms with Crippen molar-refractivity contribution in [2.45, 2.75) is 55.3 Å². The smallest absolute Gasteiger partial charge is 0.200 e. The van der Waals surface area contributed by atoms with Crippen LogP contribution in [-0.4, -0.2) is 29.9 Å². The summed E-state index contributed by atoms with van der Waals surface area (Å²) in [6, 6.07) is 3.19. The Morgan fingerprint density at radius 1 is 1.32 bits per heavy atom. The van der Waals surface area contributed by atoms with Gasteiger partial charge in [0.05, 0.1) is 16.4 Å². The second kappa shape index (κ2) is 4.94. The first-order valence-electron chi connectivity index (χ1n) is 7.12. The van der Waals surface area contributed by atoms with Gasteiger partial charge >= 0.3 is 0 Å². The largest absolute Gasteiger partial charge is 0.439 e. The maximum atomic E-state index is 12.8. The highest BCUT2D eigenvalue weighted by atomic mass is 35.5. The number of aliphatic hydroxyl groups excluding tert-OH is 1. The van der Waals surface area contributed by atoms with Crippen LogP contribution in [0.15, 0.2) is 21.4 Å². The molecule has 0 aliphatic heterocycles. The van der Waals surface area contributed by atoms with Gasteiger partial charge in [-0.2, -0.15) is 0 Å². The quantitative estimate of drug-likeness (QED) is 0.906. The lowest BCUT2D eigenvalue weighted by Crippen LogP contribution is -2.39. The summed E-state index contributed by atoms with van der Waals surface area (Å²) in [7, 11) is -3.65. The van der Waals surface area contributed by atoms with Crippen molar-refractivity contribution >= 4 is 32.5 Å². The summed E-state index contributed by atoms with van der Waals surface area (Å²) >= 11 is 6.14. The minimum Gasteiger partial charge on any atom is -0.439 e. The lowest BCUT2D eigenvalue weighted by molar-refractivity contribution is 0.0977. The molecule has 0 saturated heterocycles. The topological polar surface area (TPSA) is 80.4 Å². The van der Waals surface area contributed by atoms with E-state index in [1.54, 1.807) is 6.07 Å². The minimum atomic E-state index is -3.65. The molecule has 1 aliphatic carbocycles. The molecule has 1 N–H and O–H groups in total. The maximum Gasteiger partial charge on any atom is 0.200 e. The highest BCUT2D eigenvalue weighted by Crippen LogP contribution is 2.39. The zero-order chi connectivity index (χ0) is 16.3. The van der Waals surface area contributed by atoms with E-state index in [0.29, 0.717) is 11.4 Å². The first kappa shape index (κ1) is 15.8. The minimum absolute atomic E-state index is 0.00781. The first-order valence-corrected chi connectivity index (χ1v) is 9.04. The molecule has 0 amide bonds. The number of aromatic nitrogens is 1. The molecular formula is C15H18ClNO4S. The Labute approximate surface area is 134 Å². The van der Waals surface area contributed by atoms with E-state index in [-0.39, 0.29) is 33.8 Å². The Morgan fingerprint density at radius 2 is 1.95 bits per heavy atom. The van der Waals surface area contributed by atoms with Gasteiger partial charge in [-0.3, -0.25) is 0 Å². The zero-order valence-corrected chi connectivity index (χ0v) is 14.2. The van der Waals surface area contributed by atoms with Gasteiger partial charge in [-0.25, -0.2) is 13.4 Å². The Balaban J connectivity index is 2.20. The molecule has 0 bridgehead atoms. The highest BCUT2D eigenvalue weighted by molar-refractivity contribution is 7.92. The summed E-state index contributed by atoms with van der Waals surface area (Å²) in [6.45, 7) is 5.82. The molecule has 22 heavy (non-hydrogen) atoms. The van der Waals surface area contributed by atoms with Gasteiger partial charge < -0.3 is 9.52 Å². The second-order valence-corrected chi connectivity index (χ2v) is 9.36. The van der Waals surface area contributed by atoms with Crippen molar-refractivity contribution in [3.63, 3.8) is 0 Å². The fourth-order valence-electron chi connectivity index (χ4n) is 2.49. The van der Waals surface area contributed by atoms with E-state index in [4.69, 9.17) is 16.0 Å². The first-order chi connectivity index (χ1) is 10.1. The van der Waals surface area contributed by atoms with Gasteiger partial charge in [-0.15, -0.1) is 0 Å². The summed E-state index contributed by atoms with van der Waals surface area (Å²) in [6.07, 6.45) is -0.0948. The molecule has 0 atom stereocenters. The third-order valence-electron chi connectivity index (χ3n) is 3.90. The number of sulfone groups is 1. The van der Waals surface area contributed by atoms with E-state index < -0.39 is 21.2 Å². The molecule has 5 nitrogen and oxygen atoms in total. The van der Waals surface area contributed by atoms with E-state index >= 15 is 0 Å². The van der Waals surface area contributed by atoms with E-state index in [1.165, 1.54) is 6.07 Å². The Morgan fingerprint density at radius 3 is 2.50 bits per heavy atom. The third-order valence-corrected chi connectivity index (χ3v) is 6.56. The summed E-state index contributed by atoms with van der Waals surface area (Å²) in [4.78, 5) is 4.37. The zero-order valence-electron chi connectivity index (χ0n) is 12.6. The monoisotopic (exact) mass is 343 g/mol. The number of hydrogen-bond acceptors (Lipinski definition) is 5. The van der Waals surface area contributed by atoms with Crippen molar-refractivity contribution < 1.29 is 17.9 Å². The van der Waals surface area contributed by atoms with Crippen LogP contribution in [0, 0.1) is 0 Å². The van der Waals surface area contributed by atoms with Gasteiger partial charge in [0.25, 0.3) is 0 Å². The van der Waals surface area contributed by atoms with Crippen molar-refractivity contribution in [1.82, 2.24) is 4.98 Å². The van der Waals surface area contributed by atoms with E-state index in [9.17, 15) is 13.5 Å². The SMILES string of the molecule is CC(C)(C)c1nc2ccc(Cl)c(S(=O)(=O)[C@H]3C[C@@H](O)C3)c2o1. The molecule has 2 aromatic rings. The average molecular weight is 344 g/mol. The highest BCUT2D eigenvalue weighted by Gasteiger charge is 2.41. The third kappa shape index (κ3) is 2.43. The Kier molecular flexibility index (Phi) is 3.54. The summed E-state index contributed by atoms with van der Waals surface area (Å²) in [5, 5.41) is 8.90. The number of halogens is 1. The number of benzene rings is 1. The number of nitrogens with zero attached hydrogens (tertiary/aromatic N) is 1. The lowest BCUT2D eigenvalue weighted by Gasteiger charge is -2.30. The summed E-state index contributed by atoms with van der Waals surface area (Å²) in [5.74, 6) is 0.467. The molecule has 1 aliphatic rings. The summed E-state index contributed by atoms with van der Waals surface area (Å²) in [5.41, 5.74) is 0.353. The van der Waals surface area contributed by atoms with Crippen molar-refractivity contribution in [2.24, 2.45) is 0 Å². The molecule has 1 aromatic heterocycles. The molecular weight excluding hydrogens is 326 g/mol. The van der Waals surface area contributed by atoms with E-state index in [2.05, 4.69) is 4.98 Å². The molecule has 0 radical (unpaired) electrons. The van der Waals surface area contributed by atoms with Crippen LogP contribution in [0.4, 0.5) is 0 Å². The molecule has 7 heteroatoms. The fraction of sp³-hybridized carbons (Fsp3) is 0.533. The number of fused-ring (bicyclic) bond motifs is 1. The van der Waals surface area contributed by atoms with Crippen molar-refractivity contribution in [3.05, 3.63) is 23.0 Å². The molecule has 120 valence electrons. The van der Waals surface area contributed by atoms with Crippen LogP contribution in [0.5, 0.6) is 0 Å². The Bertz CT molecular complexity index is 829. The fourth-order valence-corrected chi connectivity index (χ4v) is 4.99.